The first-order chi connectivity index (χ1) is 11.1. The second-order valence-electron chi connectivity index (χ2n) is 5.69. The molecule has 1 amide bonds. The number of ether oxygens (including phenoxy) is 1. The lowest BCUT2D eigenvalue weighted by Crippen LogP contribution is -2.38. The molecular weight excluding hydrogens is 314 g/mol. The van der Waals surface area contributed by atoms with E-state index < -0.39 is 5.97 Å². The fraction of sp³-hybridized carbons (Fsp3) is 0.529. The number of aryl methyl sites for hydroxylation is 1. The standard InChI is InChI=1S/C17H23NO4S/c1-12-4-6-13(7-5-12)16-14(3-2-9-22-16)17(21)18-8-10-23-11-15(19)20/h4-7,14,16H,2-3,8-11H2,1H3,(H,18,21)(H,19,20). The van der Waals surface area contributed by atoms with Gasteiger partial charge in [0.2, 0.25) is 5.91 Å². The summed E-state index contributed by atoms with van der Waals surface area (Å²) in [5.74, 6) is -0.363. The topological polar surface area (TPSA) is 75.6 Å². The second-order valence-corrected chi connectivity index (χ2v) is 6.79. The van der Waals surface area contributed by atoms with E-state index >= 15 is 0 Å². The van der Waals surface area contributed by atoms with Gasteiger partial charge in [0.05, 0.1) is 17.8 Å². The van der Waals surface area contributed by atoms with E-state index in [9.17, 15) is 9.59 Å². The molecule has 1 aliphatic rings. The lowest BCUT2D eigenvalue weighted by Gasteiger charge is -2.31. The van der Waals surface area contributed by atoms with Crippen LogP contribution in [0.3, 0.4) is 0 Å². The van der Waals surface area contributed by atoms with Crippen molar-refractivity contribution in [3.63, 3.8) is 0 Å². The van der Waals surface area contributed by atoms with Crippen molar-refractivity contribution in [2.24, 2.45) is 5.92 Å². The fourth-order valence-corrected chi connectivity index (χ4v) is 3.24. The van der Waals surface area contributed by atoms with Crippen LogP contribution in [0.15, 0.2) is 24.3 Å². The number of rotatable bonds is 7. The van der Waals surface area contributed by atoms with Gasteiger partial charge in [0, 0.05) is 18.9 Å². The van der Waals surface area contributed by atoms with E-state index in [1.54, 1.807) is 0 Å². The van der Waals surface area contributed by atoms with Gasteiger partial charge in [-0.15, -0.1) is 11.8 Å². The predicted molar refractivity (Wildman–Crippen MR) is 90.6 cm³/mol. The summed E-state index contributed by atoms with van der Waals surface area (Å²) in [6, 6.07) is 8.11. The lowest BCUT2D eigenvalue weighted by atomic mass is 9.88. The first-order valence-electron chi connectivity index (χ1n) is 7.83. The third-order valence-electron chi connectivity index (χ3n) is 3.84. The quantitative estimate of drug-likeness (QED) is 0.747. The van der Waals surface area contributed by atoms with Crippen LogP contribution in [0.25, 0.3) is 0 Å². The summed E-state index contributed by atoms with van der Waals surface area (Å²) in [4.78, 5) is 22.9. The highest BCUT2D eigenvalue weighted by Crippen LogP contribution is 2.33. The van der Waals surface area contributed by atoms with Crippen molar-refractivity contribution in [3.05, 3.63) is 35.4 Å². The maximum absolute atomic E-state index is 12.4. The first kappa shape index (κ1) is 17.8. The van der Waals surface area contributed by atoms with Crippen LogP contribution in [-0.2, 0) is 14.3 Å². The van der Waals surface area contributed by atoms with E-state index in [-0.39, 0.29) is 23.7 Å². The minimum Gasteiger partial charge on any atom is -0.481 e. The number of carbonyl (C=O) groups is 2. The Bertz CT molecular complexity index is 532. The van der Waals surface area contributed by atoms with Crippen LogP contribution in [-0.4, -0.2) is 41.6 Å². The van der Waals surface area contributed by atoms with Crippen LogP contribution in [0.2, 0.25) is 0 Å². The third-order valence-corrected chi connectivity index (χ3v) is 4.78. The minimum absolute atomic E-state index is 0.00815. The molecule has 1 heterocycles. The van der Waals surface area contributed by atoms with Gasteiger partial charge in [0.1, 0.15) is 0 Å². The van der Waals surface area contributed by atoms with Crippen LogP contribution < -0.4 is 5.32 Å². The Balaban J connectivity index is 1.88. The summed E-state index contributed by atoms with van der Waals surface area (Å²) in [6.45, 7) is 3.19. The molecule has 23 heavy (non-hydrogen) atoms. The summed E-state index contributed by atoms with van der Waals surface area (Å²) in [6.07, 6.45) is 1.50. The first-order valence-corrected chi connectivity index (χ1v) is 8.99. The Morgan fingerprint density at radius 1 is 1.35 bits per heavy atom. The van der Waals surface area contributed by atoms with Crippen molar-refractivity contribution in [1.82, 2.24) is 5.32 Å². The number of thioether (sulfide) groups is 1. The molecule has 1 aromatic carbocycles. The summed E-state index contributed by atoms with van der Waals surface area (Å²) in [5.41, 5.74) is 2.22. The highest BCUT2D eigenvalue weighted by atomic mass is 32.2. The minimum atomic E-state index is -0.832. The normalized spacial score (nSPS) is 20.9. The molecule has 0 aromatic heterocycles. The van der Waals surface area contributed by atoms with E-state index in [2.05, 4.69) is 5.32 Å². The third kappa shape index (κ3) is 5.55. The molecule has 2 unspecified atom stereocenters. The molecule has 1 saturated heterocycles. The Kier molecular flexibility index (Phi) is 6.92. The molecule has 0 saturated carbocycles. The van der Waals surface area contributed by atoms with Crippen LogP contribution in [0.4, 0.5) is 0 Å². The zero-order valence-electron chi connectivity index (χ0n) is 13.3. The average Bonchev–Trinajstić information content (AvgIpc) is 2.55. The molecule has 0 spiro atoms. The van der Waals surface area contributed by atoms with Gasteiger partial charge in [-0.3, -0.25) is 9.59 Å². The lowest BCUT2D eigenvalue weighted by molar-refractivity contribution is -0.135. The number of carboxylic acid groups (broad SMARTS) is 1. The van der Waals surface area contributed by atoms with Gasteiger partial charge in [-0.25, -0.2) is 0 Å². The SMILES string of the molecule is Cc1ccc(C2OCCCC2C(=O)NCCSCC(=O)O)cc1. The summed E-state index contributed by atoms with van der Waals surface area (Å²) < 4.78 is 5.85. The van der Waals surface area contributed by atoms with E-state index in [1.807, 2.05) is 31.2 Å². The van der Waals surface area contributed by atoms with Crippen LogP contribution >= 0.6 is 11.8 Å². The smallest absolute Gasteiger partial charge is 0.313 e. The Labute approximate surface area is 140 Å². The molecular formula is C17H23NO4S. The van der Waals surface area contributed by atoms with Crippen molar-refractivity contribution in [2.75, 3.05) is 24.7 Å². The molecule has 126 valence electrons. The molecule has 2 atom stereocenters. The summed E-state index contributed by atoms with van der Waals surface area (Å²) in [5, 5.41) is 11.5. The largest absolute Gasteiger partial charge is 0.481 e. The fourth-order valence-electron chi connectivity index (χ4n) is 2.67. The molecule has 0 bridgehead atoms. The monoisotopic (exact) mass is 337 g/mol. The second kappa shape index (κ2) is 8.93. The molecule has 0 aliphatic carbocycles. The zero-order chi connectivity index (χ0) is 16.7. The van der Waals surface area contributed by atoms with Gasteiger partial charge >= 0.3 is 5.97 Å². The maximum atomic E-state index is 12.4. The van der Waals surface area contributed by atoms with Gasteiger partial charge < -0.3 is 15.2 Å². The van der Waals surface area contributed by atoms with Crippen molar-refractivity contribution in [2.45, 2.75) is 25.9 Å². The Hall–Kier alpha value is -1.53. The van der Waals surface area contributed by atoms with Gasteiger partial charge in [-0.2, -0.15) is 0 Å². The molecule has 1 aliphatic heterocycles. The number of nitrogens with one attached hydrogen (secondary N) is 1. The highest BCUT2D eigenvalue weighted by Gasteiger charge is 2.32. The van der Waals surface area contributed by atoms with E-state index in [1.165, 1.54) is 17.3 Å². The Morgan fingerprint density at radius 2 is 2.09 bits per heavy atom. The van der Waals surface area contributed by atoms with Gasteiger partial charge in [-0.1, -0.05) is 29.8 Å². The molecule has 1 fully saturated rings. The van der Waals surface area contributed by atoms with Gasteiger partial charge in [0.25, 0.3) is 0 Å². The summed E-state index contributed by atoms with van der Waals surface area (Å²) >= 11 is 1.30. The van der Waals surface area contributed by atoms with Crippen molar-refractivity contribution < 1.29 is 19.4 Å². The van der Waals surface area contributed by atoms with Crippen molar-refractivity contribution in [1.29, 1.82) is 0 Å². The number of benzene rings is 1. The molecule has 0 radical (unpaired) electrons. The number of hydrogen-bond acceptors (Lipinski definition) is 4. The maximum Gasteiger partial charge on any atom is 0.313 e. The average molecular weight is 337 g/mol. The molecule has 1 aromatic rings. The number of hydrogen-bond donors (Lipinski definition) is 2. The van der Waals surface area contributed by atoms with E-state index in [0.29, 0.717) is 18.9 Å². The highest BCUT2D eigenvalue weighted by molar-refractivity contribution is 7.99. The van der Waals surface area contributed by atoms with Crippen LogP contribution in [0, 0.1) is 12.8 Å². The number of carboxylic acids is 1. The molecule has 5 nitrogen and oxygen atoms in total. The van der Waals surface area contributed by atoms with Crippen molar-refractivity contribution >= 4 is 23.6 Å². The van der Waals surface area contributed by atoms with Gasteiger partial charge in [-0.05, 0) is 25.3 Å². The van der Waals surface area contributed by atoms with E-state index in [0.717, 1.165) is 18.4 Å². The number of aliphatic carboxylic acids is 1. The van der Waals surface area contributed by atoms with E-state index in [4.69, 9.17) is 9.84 Å². The molecule has 2 rings (SSSR count). The molecule has 6 heteroatoms. The Morgan fingerprint density at radius 3 is 2.78 bits per heavy atom. The predicted octanol–water partition coefficient (Wildman–Crippen LogP) is 2.40. The number of amides is 1. The van der Waals surface area contributed by atoms with Crippen LogP contribution in [0.1, 0.15) is 30.1 Å². The summed E-state index contributed by atoms with van der Waals surface area (Å²) in [7, 11) is 0. The van der Waals surface area contributed by atoms with Gasteiger partial charge in [0.15, 0.2) is 0 Å². The van der Waals surface area contributed by atoms with Crippen molar-refractivity contribution in [3.8, 4) is 0 Å². The number of carbonyl (C=O) groups excluding carboxylic acids is 1. The molecule has 2 N–H and O–H groups in total. The zero-order valence-corrected chi connectivity index (χ0v) is 14.1. The van der Waals surface area contributed by atoms with Crippen LogP contribution in [0.5, 0.6) is 0 Å².